The summed E-state index contributed by atoms with van der Waals surface area (Å²) >= 11 is 0. The Labute approximate surface area is 199 Å². The molecule has 34 heavy (non-hydrogen) atoms. The summed E-state index contributed by atoms with van der Waals surface area (Å²) in [6.45, 7) is 8.61. The number of ether oxygens (including phenoxy) is 3. The van der Waals surface area contributed by atoms with Gasteiger partial charge in [-0.25, -0.2) is 4.79 Å². The zero-order valence-electron chi connectivity index (χ0n) is 20.6. The van der Waals surface area contributed by atoms with E-state index in [4.69, 9.17) is 14.2 Å². The van der Waals surface area contributed by atoms with E-state index < -0.39 is 23.5 Å². The molecule has 11 nitrogen and oxygen atoms in total. The number of hydrogen-bond acceptors (Lipinski definition) is 8. The molecule has 0 aliphatic carbocycles. The third kappa shape index (κ3) is 7.91. The molecule has 0 radical (unpaired) electrons. The molecule has 0 aromatic heterocycles. The van der Waals surface area contributed by atoms with Crippen LogP contribution in [-0.2, 0) is 16.1 Å². The number of amides is 2. The molecule has 0 bridgehead atoms. The van der Waals surface area contributed by atoms with Crippen molar-refractivity contribution in [1.82, 2.24) is 10.6 Å². The molecule has 1 aromatic rings. The van der Waals surface area contributed by atoms with Crippen LogP contribution in [0.25, 0.3) is 0 Å². The Morgan fingerprint density at radius 1 is 1.09 bits per heavy atom. The zero-order chi connectivity index (χ0) is 25.8. The van der Waals surface area contributed by atoms with Gasteiger partial charge < -0.3 is 19.5 Å². The van der Waals surface area contributed by atoms with E-state index in [9.17, 15) is 19.7 Å². The number of nitrogens with one attached hydrogen (secondary N) is 2. The van der Waals surface area contributed by atoms with Gasteiger partial charge in [-0.2, -0.15) is 0 Å². The topological polar surface area (TPSA) is 141 Å². The summed E-state index contributed by atoms with van der Waals surface area (Å²) < 4.78 is 15.4. The van der Waals surface area contributed by atoms with Gasteiger partial charge in [0.05, 0.1) is 30.8 Å². The Balaban J connectivity index is 3.06. The van der Waals surface area contributed by atoms with Crippen LogP contribution in [0.15, 0.2) is 39.8 Å². The Kier molecular flexibility index (Phi) is 11.3. The quantitative estimate of drug-likeness (QED) is 0.209. The summed E-state index contributed by atoms with van der Waals surface area (Å²) in [5.74, 6) is 0.103. The fourth-order valence-corrected chi connectivity index (χ4v) is 2.67. The van der Waals surface area contributed by atoms with Crippen LogP contribution in [0.2, 0.25) is 0 Å². The van der Waals surface area contributed by atoms with Crippen molar-refractivity contribution in [2.75, 3.05) is 14.2 Å². The fourth-order valence-electron chi connectivity index (χ4n) is 2.67. The van der Waals surface area contributed by atoms with Crippen LogP contribution in [0.3, 0.4) is 0 Å². The van der Waals surface area contributed by atoms with Crippen LogP contribution in [0.4, 0.5) is 10.5 Å². The Bertz CT molecular complexity index is 1010. The first-order valence-corrected chi connectivity index (χ1v) is 10.6. The maximum Gasteiger partial charge on any atom is 0.413 e. The van der Waals surface area contributed by atoms with Crippen LogP contribution in [0.5, 0.6) is 11.5 Å². The highest BCUT2D eigenvalue weighted by Crippen LogP contribution is 2.34. The molecule has 11 heteroatoms. The van der Waals surface area contributed by atoms with Gasteiger partial charge >= 0.3 is 6.09 Å². The molecule has 0 unspecified atom stereocenters. The lowest BCUT2D eigenvalue weighted by atomic mass is 10.1. The molecule has 1 rings (SSSR count). The van der Waals surface area contributed by atoms with Crippen molar-refractivity contribution in [3.8, 4) is 11.5 Å². The van der Waals surface area contributed by atoms with E-state index in [1.165, 1.54) is 26.4 Å². The van der Waals surface area contributed by atoms with E-state index >= 15 is 0 Å². The van der Waals surface area contributed by atoms with Gasteiger partial charge in [-0.15, -0.1) is 0 Å². The first-order valence-electron chi connectivity index (χ1n) is 10.6. The third-order valence-electron chi connectivity index (χ3n) is 4.65. The number of nitro groups is 1. The molecule has 0 atom stereocenters. The smallest absolute Gasteiger partial charge is 0.413 e. The molecule has 2 amide bonds. The van der Waals surface area contributed by atoms with Crippen LogP contribution >= 0.6 is 0 Å². The van der Waals surface area contributed by atoms with Crippen LogP contribution in [-0.4, -0.2) is 37.4 Å². The summed E-state index contributed by atoms with van der Waals surface area (Å²) in [5.41, 5.74) is 1.45. The van der Waals surface area contributed by atoms with Gasteiger partial charge in [0.2, 0.25) is 0 Å². The molecular formula is C23H32N4O7. The summed E-state index contributed by atoms with van der Waals surface area (Å²) in [7, 11) is 2.75. The number of carbonyl (C=O) groups is 2. The Morgan fingerprint density at radius 3 is 2.21 bits per heavy atom. The number of aliphatic imine (C=N–C) groups is 1. The van der Waals surface area contributed by atoms with Crippen molar-refractivity contribution in [1.29, 1.82) is 0 Å². The fraction of sp³-hybridized carbons (Fsp3) is 0.435. The molecule has 0 heterocycles. The van der Waals surface area contributed by atoms with E-state index in [-0.39, 0.29) is 34.3 Å². The molecule has 0 saturated heterocycles. The van der Waals surface area contributed by atoms with E-state index in [0.29, 0.717) is 24.0 Å². The minimum atomic E-state index is -0.900. The van der Waals surface area contributed by atoms with E-state index in [2.05, 4.69) is 15.6 Å². The standard InChI is InChI=1S/C23H32N4O7/c1-8-10-24-20(14(3)4)22(28)25-21(15(5)9-2)26-23(29)34-13-16-11-18(32-6)19(33-7)12-17(16)27(30)31/h10-12H,8-9,13H2,1-7H3,(H,25,28)(H,26,29)/b21-15+,24-10-. The maximum atomic E-state index is 12.7. The van der Waals surface area contributed by atoms with Gasteiger partial charge in [-0.1, -0.05) is 13.8 Å². The molecule has 1 aromatic carbocycles. The number of alkyl carbamates (subject to hydrolysis) is 1. The highest BCUT2D eigenvalue weighted by molar-refractivity contribution is 5.96. The van der Waals surface area contributed by atoms with Gasteiger partial charge in [0.15, 0.2) is 11.5 Å². The maximum absolute atomic E-state index is 12.7. The van der Waals surface area contributed by atoms with Crippen LogP contribution < -0.4 is 20.1 Å². The average Bonchev–Trinajstić information content (AvgIpc) is 2.80. The van der Waals surface area contributed by atoms with Crippen LogP contribution in [0, 0.1) is 10.1 Å². The number of rotatable bonds is 11. The molecule has 0 spiro atoms. The number of hydrogen-bond donors (Lipinski definition) is 2. The molecular weight excluding hydrogens is 444 g/mol. The number of carbonyl (C=O) groups excluding carboxylic acids is 2. The van der Waals surface area contributed by atoms with Gasteiger partial charge in [-0.3, -0.25) is 25.2 Å². The predicted molar refractivity (Wildman–Crippen MR) is 128 cm³/mol. The minimum Gasteiger partial charge on any atom is -0.493 e. The summed E-state index contributed by atoms with van der Waals surface area (Å²) in [4.78, 5) is 40.2. The molecule has 0 saturated carbocycles. The number of methoxy groups -OCH3 is 2. The first-order chi connectivity index (χ1) is 16.1. The molecule has 186 valence electrons. The van der Waals surface area contributed by atoms with E-state index in [1.54, 1.807) is 27.0 Å². The highest BCUT2D eigenvalue weighted by Gasteiger charge is 2.21. The largest absolute Gasteiger partial charge is 0.493 e. The number of nitrogens with zero attached hydrogens (tertiary/aromatic N) is 2. The number of benzene rings is 1. The summed E-state index contributed by atoms with van der Waals surface area (Å²) in [5, 5.41) is 16.6. The molecule has 0 aliphatic heterocycles. The molecule has 0 aliphatic rings. The minimum absolute atomic E-state index is 0.111. The number of nitro benzene ring substituents is 1. The first kappa shape index (κ1) is 28.1. The van der Waals surface area contributed by atoms with E-state index in [1.807, 2.05) is 13.8 Å². The van der Waals surface area contributed by atoms with Crippen molar-refractivity contribution in [2.24, 2.45) is 4.99 Å². The molecule has 2 N–H and O–H groups in total. The third-order valence-corrected chi connectivity index (χ3v) is 4.65. The predicted octanol–water partition coefficient (Wildman–Crippen LogP) is 4.37. The highest BCUT2D eigenvalue weighted by atomic mass is 16.6. The zero-order valence-corrected chi connectivity index (χ0v) is 20.6. The van der Waals surface area contributed by atoms with Gasteiger partial charge in [-0.05, 0) is 50.8 Å². The summed E-state index contributed by atoms with van der Waals surface area (Å²) in [6, 6.07) is 2.56. The van der Waals surface area contributed by atoms with Crippen molar-refractivity contribution < 1.29 is 28.7 Å². The monoisotopic (exact) mass is 476 g/mol. The Hall–Kier alpha value is -3.89. The lowest BCUT2D eigenvalue weighted by molar-refractivity contribution is -0.385. The van der Waals surface area contributed by atoms with Gasteiger partial charge in [0.1, 0.15) is 18.1 Å². The van der Waals surface area contributed by atoms with Crippen LogP contribution in [0.1, 0.15) is 53.0 Å². The lowest BCUT2D eigenvalue weighted by Crippen LogP contribution is -2.37. The summed E-state index contributed by atoms with van der Waals surface area (Å²) in [6.07, 6.45) is 1.92. The number of allylic oxidation sites excluding steroid dienone is 2. The second-order valence-corrected chi connectivity index (χ2v) is 7.33. The normalized spacial score (nSPS) is 11.4. The lowest BCUT2D eigenvalue weighted by Gasteiger charge is -2.16. The van der Waals surface area contributed by atoms with Gasteiger partial charge in [0, 0.05) is 6.21 Å². The van der Waals surface area contributed by atoms with E-state index in [0.717, 1.165) is 0 Å². The van der Waals surface area contributed by atoms with Crippen molar-refractivity contribution in [3.05, 3.63) is 50.5 Å². The Morgan fingerprint density at radius 2 is 1.71 bits per heavy atom. The van der Waals surface area contributed by atoms with Crippen molar-refractivity contribution >= 4 is 23.9 Å². The van der Waals surface area contributed by atoms with Crippen molar-refractivity contribution in [2.45, 2.75) is 54.1 Å². The SMILES string of the molecule is CC/C=N\C(C(=O)N/C(NC(=O)OCc1cc(OC)c(OC)cc1[N+](=O)[O-])=C(/C)CC)=C(C)C. The molecule has 0 fully saturated rings. The second-order valence-electron chi connectivity index (χ2n) is 7.33. The van der Waals surface area contributed by atoms with Gasteiger partial charge in [0.25, 0.3) is 11.6 Å². The average molecular weight is 477 g/mol. The van der Waals surface area contributed by atoms with Crippen molar-refractivity contribution in [3.63, 3.8) is 0 Å². The second kappa shape index (κ2) is 13.6.